The number of hydrogen-bond acceptors (Lipinski definition) is 6. The van der Waals surface area contributed by atoms with Gasteiger partial charge in [0.15, 0.2) is 4.90 Å². The minimum Gasteiger partial charge on any atom is -0.495 e. The number of nitro benzene ring substituents is 1. The van der Waals surface area contributed by atoms with Crippen molar-refractivity contribution in [3.8, 4) is 5.75 Å². The van der Waals surface area contributed by atoms with Gasteiger partial charge in [-0.25, -0.2) is 8.42 Å². The summed E-state index contributed by atoms with van der Waals surface area (Å²) < 4.78 is 32.4. The van der Waals surface area contributed by atoms with E-state index in [2.05, 4.69) is 0 Å². The van der Waals surface area contributed by atoms with Gasteiger partial charge in [0, 0.05) is 6.07 Å². The van der Waals surface area contributed by atoms with E-state index in [0.29, 0.717) is 0 Å². The summed E-state index contributed by atoms with van der Waals surface area (Å²) in [4.78, 5) is 21.6. The van der Waals surface area contributed by atoms with Gasteiger partial charge in [0.1, 0.15) is 11.8 Å². The fraction of sp³-hybridized carbons (Fsp3) is 0.188. The molecule has 0 bridgehead atoms. The van der Waals surface area contributed by atoms with Crippen LogP contribution in [0.4, 0.5) is 11.4 Å². The van der Waals surface area contributed by atoms with Crippen molar-refractivity contribution in [1.29, 1.82) is 0 Å². The summed E-state index contributed by atoms with van der Waals surface area (Å²) >= 11 is 5.54. The molecule has 0 amide bonds. The lowest BCUT2D eigenvalue weighted by molar-refractivity contribution is -0.387. The Kier molecular flexibility index (Phi) is 5.83. The highest BCUT2D eigenvalue weighted by atomic mass is 35.5. The van der Waals surface area contributed by atoms with Crippen LogP contribution >= 0.6 is 11.6 Å². The average Bonchev–Trinajstić information content (AvgIpc) is 2.61. The summed E-state index contributed by atoms with van der Waals surface area (Å²) in [6, 6.07) is 9.63. The normalized spacial score (nSPS) is 12.3. The fourth-order valence-corrected chi connectivity index (χ4v) is 4.33. The molecule has 8 nitrogen and oxygen atoms in total. The summed E-state index contributed by atoms with van der Waals surface area (Å²) in [6.45, 7) is 1.29. The number of para-hydroxylation sites is 3. The van der Waals surface area contributed by atoms with Crippen molar-refractivity contribution in [3.63, 3.8) is 0 Å². The molecule has 0 aliphatic heterocycles. The predicted molar refractivity (Wildman–Crippen MR) is 96.1 cm³/mol. The van der Waals surface area contributed by atoms with Crippen LogP contribution in [0, 0.1) is 10.1 Å². The molecular weight excluding hydrogens is 384 g/mol. The Balaban J connectivity index is 2.78. The molecule has 0 saturated carbocycles. The van der Waals surface area contributed by atoms with Gasteiger partial charge in [0.2, 0.25) is 5.24 Å². The van der Waals surface area contributed by atoms with Crippen LogP contribution in [-0.4, -0.2) is 31.7 Å². The van der Waals surface area contributed by atoms with Crippen molar-refractivity contribution < 1.29 is 22.9 Å². The molecule has 0 spiro atoms. The van der Waals surface area contributed by atoms with Crippen molar-refractivity contribution in [3.05, 3.63) is 58.6 Å². The molecule has 2 rings (SSSR count). The monoisotopic (exact) mass is 398 g/mol. The molecule has 26 heavy (non-hydrogen) atoms. The lowest BCUT2D eigenvalue weighted by atomic mass is 10.2. The SMILES string of the molecule is COc1ccccc1N(C(C)C(=O)Cl)S(=O)(=O)c1ccccc1[N+](=O)[O-]. The number of benzene rings is 2. The van der Waals surface area contributed by atoms with Gasteiger partial charge in [-0.05, 0) is 36.7 Å². The Morgan fingerprint density at radius 2 is 1.77 bits per heavy atom. The number of sulfonamides is 1. The molecule has 2 aromatic rings. The molecule has 2 aromatic carbocycles. The van der Waals surface area contributed by atoms with Crippen molar-refractivity contribution in [1.82, 2.24) is 0 Å². The maximum absolute atomic E-state index is 13.2. The minimum absolute atomic E-state index is 0.0367. The number of methoxy groups -OCH3 is 1. The van der Waals surface area contributed by atoms with Gasteiger partial charge in [0.25, 0.3) is 15.7 Å². The highest BCUT2D eigenvalue weighted by Crippen LogP contribution is 2.36. The zero-order valence-electron chi connectivity index (χ0n) is 13.8. The number of anilines is 1. The highest BCUT2D eigenvalue weighted by molar-refractivity contribution is 7.93. The number of ether oxygens (including phenoxy) is 1. The van der Waals surface area contributed by atoms with E-state index in [9.17, 15) is 23.3 Å². The second kappa shape index (κ2) is 7.71. The van der Waals surface area contributed by atoms with E-state index in [0.717, 1.165) is 16.4 Å². The molecule has 1 atom stereocenters. The molecule has 0 aliphatic rings. The number of hydrogen-bond donors (Lipinski definition) is 0. The first-order valence-corrected chi connectivity index (χ1v) is 9.13. The Labute approximate surface area is 155 Å². The lowest BCUT2D eigenvalue weighted by Crippen LogP contribution is -2.42. The second-order valence-corrected chi connectivity index (χ2v) is 7.33. The molecule has 138 valence electrons. The van der Waals surface area contributed by atoms with E-state index in [1.807, 2.05) is 0 Å². The molecule has 0 heterocycles. The number of nitrogens with zero attached hydrogens (tertiary/aromatic N) is 2. The Hall–Kier alpha value is -2.65. The number of rotatable bonds is 7. The Morgan fingerprint density at radius 3 is 2.35 bits per heavy atom. The summed E-state index contributed by atoms with van der Waals surface area (Å²) in [5.41, 5.74) is -0.573. The van der Waals surface area contributed by atoms with Gasteiger partial charge in [-0.3, -0.25) is 19.2 Å². The van der Waals surface area contributed by atoms with Gasteiger partial charge >= 0.3 is 0 Å². The molecule has 0 aliphatic carbocycles. The molecule has 0 fully saturated rings. The lowest BCUT2D eigenvalue weighted by Gasteiger charge is -2.29. The first-order valence-electron chi connectivity index (χ1n) is 7.32. The van der Waals surface area contributed by atoms with Crippen LogP contribution in [0.15, 0.2) is 53.4 Å². The van der Waals surface area contributed by atoms with Crippen LogP contribution < -0.4 is 9.04 Å². The van der Waals surface area contributed by atoms with Crippen LogP contribution in [0.25, 0.3) is 0 Å². The number of nitro groups is 1. The molecule has 0 aromatic heterocycles. The van der Waals surface area contributed by atoms with Gasteiger partial charge in [0.05, 0.1) is 17.7 Å². The van der Waals surface area contributed by atoms with E-state index >= 15 is 0 Å². The first-order chi connectivity index (χ1) is 12.2. The number of halogens is 1. The fourth-order valence-electron chi connectivity index (χ4n) is 2.38. The zero-order chi connectivity index (χ0) is 19.5. The zero-order valence-corrected chi connectivity index (χ0v) is 15.4. The van der Waals surface area contributed by atoms with E-state index in [-0.39, 0.29) is 11.4 Å². The van der Waals surface area contributed by atoms with Crippen molar-refractivity contribution in [2.24, 2.45) is 0 Å². The van der Waals surface area contributed by atoms with Gasteiger partial charge < -0.3 is 4.74 Å². The molecule has 0 radical (unpaired) electrons. The van der Waals surface area contributed by atoms with Gasteiger partial charge in [-0.1, -0.05) is 24.3 Å². The molecule has 0 saturated heterocycles. The van der Waals surface area contributed by atoms with Crippen LogP contribution in [0.1, 0.15) is 6.92 Å². The largest absolute Gasteiger partial charge is 0.495 e. The molecule has 10 heteroatoms. The molecule has 1 unspecified atom stereocenters. The number of carbonyl (C=O) groups is 1. The van der Waals surface area contributed by atoms with Crippen LogP contribution in [0.2, 0.25) is 0 Å². The quantitative estimate of drug-likeness (QED) is 0.403. The van der Waals surface area contributed by atoms with Crippen molar-refractivity contribution in [2.75, 3.05) is 11.4 Å². The third kappa shape index (κ3) is 3.63. The smallest absolute Gasteiger partial charge is 0.289 e. The van der Waals surface area contributed by atoms with Gasteiger partial charge in [-0.2, -0.15) is 0 Å². The van der Waals surface area contributed by atoms with Crippen LogP contribution in [0.3, 0.4) is 0 Å². The summed E-state index contributed by atoms with van der Waals surface area (Å²) in [5.74, 6) is 0.166. The summed E-state index contributed by atoms with van der Waals surface area (Å²) in [5, 5.41) is 10.3. The highest BCUT2D eigenvalue weighted by Gasteiger charge is 2.38. The van der Waals surface area contributed by atoms with Crippen molar-refractivity contribution >= 4 is 38.2 Å². The maximum atomic E-state index is 13.2. The standard InChI is InChI=1S/C16H15ClN2O6S/c1-11(16(17)20)18(12-7-3-5-9-14(12)25-2)26(23,24)15-10-6-4-8-13(15)19(21)22/h3-11H,1-2H3. The predicted octanol–water partition coefficient (Wildman–Crippen LogP) is 2.95. The van der Waals surface area contributed by atoms with E-state index < -0.39 is 36.8 Å². The maximum Gasteiger partial charge on any atom is 0.289 e. The average molecular weight is 399 g/mol. The first kappa shape index (κ1) is 19.7. The van der Waals surface area contributed by atoms with Crippen molar-refractivity contribution in [2.45, 2.75) is 17.9 Å². The summed E-state index contributed by atoms with van der Waals surface area (Å²) in [6.07, 6.45) is 0. The molecule has 0 N–H and O–H groups in total. The Morgan fingerprint density at radius 1 is 1.19 bits per heavy atom. The second-order valence-electron chi connectivity index (χ2n) is 5.18. The third-order valence-electron chi connectivity index (χ3n) is 3.60. The summed E-state index contributed by atoms with van der Waals surface area (Å²) in [7, 11) is -3.17. The minimum atomic E-state index is -4.50. The van der Waals surface area contributed by atoms with E-state index in [1.165, 1.54) is 38.3 Å². The number of carbonyl (C=O) groups excluding carboxylic acids is 1. The van der Waals surface area contributed by atoms with E-state index in [4.69, 9.17) is 16.3 Å². The van der Waals surface area contributed by atoms with Crippen LogP contribution in [0.5, 0.6) is 5.75 Å². The molecular formula is C16H15ClN2O6S. The topological polar surface area (TPSA) is 107 Å². The van der Waals surface area contributed by atoms with E-state index in [1.54, 1.807) is 12.1 Å². The third-order valence-corrected chi connectivity index (χ3v) is 5.85. The van der Waals surface area contributed by atoms with Gasteiger partial charge in [-0.15, -0.1) is 0 Å². The Bertz CT molecular complexity index is 947. The van der Waals surface area contributed by atoms with Crippen LogP contribution in [-0.2, 0) is 14.8 Å².